The molecule has 2 aromatic carbocycles. The maximum absolute atomic E-state index is 12.0. The highest BCUT2D eigenvalue weighted by molar-refractivity contribution is 9.10. The van der Waals surface area contributed by atoms with Gasteiger partial charge in [0.25, 0.3) is 5.91 Å². The quantitative estimate of drug-likeness (QED) is 0.680. The highest BCUT2D eigenvalue weighted by atomic mass is 79.9. The number of halogens is 1. The molecule has 1 N–H and O–H groups in total. The van der Waals surface area contributed by atoms with Gasteiger partial charge in [-0.3, -0.25) is 10.0 Å². The van der Waals surface area contributed by atoms with Gasteiger partial charge in [-0.25, -0.2) is 0 Å². The molecular formula is C13H10BrNO2. The van der Waals surface area contributed by atoms with E-state index in [-0.39, 0.29) is 0 Å². The lowest BCUT2D eigenvalue weighted by Gasteiger charge is -2.16. The number of hydrogen-bond acceptors (Lipinski definition) is 2. The van der Waals surface area contributed by atoms with Gasteiger partial charge in [0.2, 0.25) is 0 Å². The molecule has 3 nitrogen and oxygen atoms in total. The SMILES string of the molecule is O=C(c1ccccc1)N(O)c1ccccc1Br. The molecule has 0 unspecified atom stereocenters. The molecule has 1 amide bonds. The van der Waals surface area contributed by atoms with Crippen molar-refractivity contribution >= 4 is 27.5 Å². The van der Waals surface area contributed by atoms with Crippen molar-refractivity contribution in [2.75, 3.05) is 5.06 Å². The minimum absolute atomic E-state index is 0.418. The van der Waals surface area contributed by atoms with Crippen molar-refractivity contribution in [1.29, 1.82) is 0 Å². The van der Waals surface area contributed by atoms with Gasteiger partial charge in [-0.05, 0) is 40.2 Å². The molecule has 0 fully saturated rings. The number of rotatable bonds is 2. The van der Waals surface area contributed by atoms with Crippen molar-refractivity contribution in [3.63, 3.8) is 0 Å². The number of amides is 1. The largest absolute Gasteiger partial charge is 0.282 e. The first-order chi connectivity index (χ1) is 8.20. The maximum Gasteiger partial charge on any atom is 0.282 e. The summed E-state index contributed by atoms with van der Waals surface area (Å²) in [4.78, 5) is 12.0. The zero-order valence-electron chi connectivity index (χ0n) is 8.88. The normalized spacial score (nSPS) is 10.0. The smallest absolute Gasteiger partial charge is 0.281 e. The van der Waals surface area contributed by atoms with Gasteiger partial charge in [0.15, 0.2) is 0 Å². The minimum Gasteiger partial charge on any atom is -0.281 e. The second-order valence-corrected chi connectivity index (χ2v) is 4.29. The van der Waals surface area contributed by atoms with Crippen molar-refractivity contribution in [3.8, 4) is 0 Å². The number of para-hydroxylation sites is 1. The van der Waals surface area contributed by atoms with Gasteiger partial charge in [0.1, 0.15) is 0 Å². The molecule has 0 heterocycles. The molecule has 0 radical (unpaired) electrons. The first kappa shape index (κ1) is 11.8. The van der Waals surface area contributed by atoms with Gasteiger partial charge in [-0.1, -0.05) is 30.3 Å². The fourth-order valence-corrected chi connectivity index (χ4v) is 1.89. The molecule has 0 saturated heterocycles. The fraction of sp³-hybridized carbons (Fsp3) is 0. The lowest BCUT2D eigenvalue weighted by molar-refractivity contribution is 0.0854. The van der Waals surface area contributed by atoms with Crippen LogP contribution in [0.3, 0.4) is 0 Å². The van der Waals surface area contributed by atoms with E-state index < -0.39 is 5.91 Å². The Labute approximate surface area is 107 Å². The van der Waals surface area contributed by atoms with Crippen LogP contribution in [0.2, 0.25) is 0 Å². The van der Waals surface area contributed by atoms with E-state index in [0.29, 0.717) is 20.8 Å². The lowest BCUT2D eigenvalue weighted by Crippen LogP contribution is -2.27. The number of hydroxylamine groups is 1. The van der Waals surface area contributed by atoms with Crippen molar-refractivity contribution in [1.82, 2.24) is 0 Å². The predicted molar refractivity (Wildman–Crippen MR) is 69.2 cm³/mol. The van der Waals surface area contributed by atoms with E-state index in [1.54, 1.807) is 42.5 Å². The van der Waals surface area contributed by atoms with E-state index in [0.717, 1.165) is 0 Å². The molecule has 0 saturated carbocycles. The third-order valence-corrected chi connectivity index (χ3v) is 2.96. The molecule has 2 rings (SSSR count). The molecule has 17 heavy (non-hydrogen) atoms. The fourth-order valence-electron chi connectivity index (χ4n) is 1.44. The Hall–Kier alpha value is -1.65. The molecule has 4 heteroatoms. The second kappa shape index (κ2) is 5.12. The molecule has 0 atom stereocenters. The van der Waals surface area contributed by atoms with Crippen LogP contribution in [0.4, 0.5) is 5.69 Å². The van der Waals surface area contributed by atoms with Crippen LogP contribution in [0, 0.1) is 0 Å². The number of hydrogen-bond donors (Lipinski definition) is 1. The Bertz CT molecular complexity index is 528. The van der Waals surface area contributed by atoms with Crippen molar-refractivity contribution < 1.29 is 10.0 Å². The van der Waals surface area contributed by atoms with E-state index in [2.05, 4.69) is 15.9 Å². The summed E-state index contributed by atoms with van der Waals surface area (Å²) in [5.41, 5.74) is 0.854. The summed E-state index contributed by atoms with van der Waals surface area (Å²) in [6, 6.07) is 15.6. The summed E-state index contributed by atoms with van der Waals surface area (Å²) in [5.74, 6) is -0.461. The molecule has 86 valence electrons. The maximum atomic E-state index is 12.0. The number of carbonyl (C=O) groups is 1. The monoisotopic (exact) mass is 291 g/mol. The Morgan fingerprint density at radius 2 is 1.59 bits per heavy atom. The molecule has 0 aliphatic heterocycles. The lowest BCUT2D eigenvalue weighted by atomic mass is 10.2. The Kier molecular flexibility index (Phi) is 3.56. The topological polar surface area (TPSA) is 40.5 Å². The summed E-state index contributed by atoms with van der Waals surface area (Å²) >= 11 is 3.28. The number of anilines is 1. The van der Waals surface area contributed by atoms with Gasteiger partial charge in [0, 0.05) is 10.0 Å². The van der Waals surface area contributed by atoms with E-state index in [1.165, 1.54) is 0 Å². The molecule has 0 spiro atoms. The molecule has 0 bridgehead atoms. The van der Waals surface area contributed by atoms with Crippen LogP contribution in [-0.2, 0) is 0 Å². The van der Waals surface area contributed by atoms with Crippen LogP contribution in [0.5, 0.6) is 0 Å². The average Bonchev–Trinajstić information content (AvgIpc) is 2.39. The standard InChI is InChI=1S/C13H10BrNO2/c14-11-8-4-5-9-12(11)15(17)13(16)10-6-2-1-3-7-10/h1-9,17H. The number of benzene rings is 2. The summed E-state index contributed by atoms with van der Waals surface area (Å²) in [5, 5.41) is 10.5. The van der Waals surface area contributed by atoms with E-state index in [1.807, 2.05) is 12.1 Å². The zero-order chi connectivity index (χ0) is 12.3. The Balaban J connectivity index is 2.30. The van der Waals surface area contributed by atoms with E-state index >= 15 is 0 Å². The van der Waals surface area contributed by atoms with Crippen LogP contribution in [-0.4, -0.2) is 11.1 Å². The van der Waals surface area contributed by atoms with Crippen molar-refractivity contribution in [2.24, 2.45) is 0 Å². The van der Waals surface area contributed by atoms with Gasteiger partial charge in [-0.15, -0.1) is 0 Å². The van der Waals surface area contributed by atoms with Crippen LogP contribution in [0.15, 0.2) is 59.1 Å². The molecule has 0 aliphatic rings. The highest BCUT2D eigenvalue weighted by Crippen LogP contribution is 2.25. The second-order valence-electron chi connectivity index (χ2n) is 3.43. The molecular weight excluding hydrogens is 282 g/mol. The highest BCUT2D eigenvalue weighted by Gasteiger charge is 2.16. The van der Waals surface area contributed by atoms with E-state index in [9.17, 15) is 10.0 Å². The molecule has 2 aromatic rings. The third kappa shape index (κ3) is 2.54. The molecule has 0 aliphatic carbocycles. The third-order valence-electron chi connectivity index (χ3n) is 2.29. The van der Waals surface area contributed by atoms with Gasteiger partial charge in [-0.2, -0.15) is 5.06 Å². The number of nitrogens with zero attached hydrogens (tertiary/aromatic N) is 1. The summed E-state index contributed by atoms with van der Waals surface area (Å²) in [6.45, 7) is 0. The van der Waals surface area contributed by atoms with Crippen LogP contribution in [0.1, 0.15) is 10.4 Å². The van der Waals surface area contributed by atoms with Crippen LogP contribution >= 0.6 is 15.9 Å². The minimum atomic E-state index is -0.461. The van der Waals surface area contributed by atoms with Gasteiger partial charge >= 0.3 is 0 Å². The summed E-state index contributed by atoms with van der Waals surface area (Å²) in [6.07, 6.45) is 0. The van der Waals surface area contributed by atoms with Crippen molar-refractivity contribution in [3.05, 3.63) is 64.6 Å². The Morgan fingerprint density at radius 3 is 2.24 bits per heavy atom. The first-order valence-electron chi connectivity index (χ1n) is 5.03. The van der Waals surface area contributed by atoms with Gasteiger partial charge < -0.3 is 0 Å². The average molecular weight is 292 g/mol. The first-order valence-corrected chi connectivity index (χ1v) is 5.82. The zero-order valence-corrected chi connectivity index (χ0v) is 10.5. The summed E-state index contributed by atoms with van der Waals surface area (Å²) in [7, 11) is 0. The van der Waals surface area contributed by atoms with Crippen LogP contribution in [0.25, 0.3) is 0 Å². The van der Waals surface area contributed by atoms with Crippen LogP contribution < -0.4 is 5.06 Å². The van der Waals surface area contributed by atoms with Crippen molar-refractivity contribution in [2.45, 2.75) is 0 Å². The number of carbonyl (C=O) groups excluding carboxylic acids is 1. The Morgan fingerprint density at radius 1 is 1.00 bits per heavy atom. The van der Waals surface area contributed by atoms with Gasteiger partial charge in [0.05, 0.1) is 5.69 Å². The van der Waals surface area contributed by atoms with E-state index in [4.69, 9.17) is 0 Å². The molecule has 0 aromatic heterocycles. The summed E-state index contributed by atoms with van der Waals surface area (Å²) < 4.78 is 0.659. The predicted octanol–water partition coefficient (Wildman–Crippen LogP) is 3.49.